The van der Waals surface area contributed by atoms with Crippen molar-refractivity contribution in [2.24, 2.45) is 0 Å². The first-order chi connectivity index (χ1) is 10.6. The average molecular weight is 450 g/mol. The van der Waals surface area contributed by atoms with Gasteiger partial charge in [-0.05, 0) is 53.6 Å². The van der Waals surface area contributed by atoms with Gasteiger partial charge in [-0.2, -0.15) is 5.10 Å². The highest BCUT2D eigenvalue weighted by molar-refractivity contribution is 9.11. The number of hydrogen-bond donors (Lipinski definition) is 2. The van der Waals surface area contributed by atoms with Gasteiger partial charge >= 0.3 is 0 Å². The van der Waals surface area contributed by atoms with Gasteiger partial charge in [0.2, 0.25) is 4.77 Å². The molecule has 5 nitrogen and oxygen atoms in total. The van der Waals surface area contributed by atoms with Crippen LogP contribution in [0.2, 0.25) is 0 Å². The largest absolute Gasteiger partial charge is 0.492 e. The van der Waals surface area contributed by atoms with Crippen LogP contribution in [-0.4, -0.2) is 21.5 Å². The summed E-state index contributed by atoms with van der Waals surface area (Å²) in [6, 6.07) is 4.01. The molecule has 0 saturated heterocycles. The zero-order valence-electron chi connectivity index (χ0n) is 12.4. The summed E-state index contributed by atoms with van der Waals surface area (Å²) in [6.45, 7) is 5.27. The van der Waals surface area contributed by atoms with E-state index in [1.807, 2.05) is 23.7 Å². The molecular formula is C14H18Br2N4OS. The normalized spacial score (nSPS) is 10.7. The van der Waals surface area contributed by atoms with E-state index >= 15 is 0 Å². The Balaban J connectivity index is 2.25. The second kappa shape index (κ2) is 8.12. The molecule has 22 heavy (non-hydrogen) atoms. The highest BCUT2D eigenvalue weighted by Crippen LogP contribution is 2.33. The fourth-order valence-corrected chi connectivity index (χ4v) is 3.74. The van der Waals surface area contributed by atoms with Crippen molar-refractivity contribution in [3.8, 4) is 5.75 Å². The van der Waals surface area contributed by atoms with E-state index in [9.17, 15) is 0 Å². The average Bonchev–Trinajstić information content (AvgIpc) is 2.81. The molecule has 0 aliphatic carbocycles. The Bertz CT molecular complexity index is 699. The molecule has 0 saturated carbocycles. The lowest BCUT2D eigenvalue weighted by molar-refractivity contribution is 0.334. The Morgan fingerprint density at radius 1 is 1.36 bits per heavy atom. The number of benzene rings is 1. The monoisotopic (exact) mass is 448 g/mol. The van der Waals surface area contributed by atoms with Crippen LogP contribution in [0.1, 0.15) is 31.7 Å². The molecule has 0 spiro atoms. The maximum Gasteiger partial charge on any atom is 0.214 e. The standard InChI is InChI=1S/C14H18Br2N4OS/c1-3-5-12-18-19-14(22)20(12)17-8-9-6-10(15)7-11(16)13(9)21-4-2/h6-7,17H,3-5,8H2,1-2H3,(H,19,22). The number of rotatable bonds is 7. The number of H-pyrrole nitrogens is 1. The van der Waals surface area contributed by atoms with Crippen LogP contribution >= 0.6 is 44.1 Å². The van der Waals surface area contributed by atoms with Gasteiger partial charge in [-0.1, -0.05) is 22.9 Å². The fourth-order valence-electron chi connectivity index (χ4n) is 2.10. The highest BCUT2D eigenvalue weighted by atomic mass is 79.9. The van der Waals surface area contributed by atoms with Crippen LogP contribution in [0.4, 0.5) is 0 Å². The third kappa shape index (κ3) is 4.11. The molecule has 1 aromatic carbocycles. The minimum absolute atomic E-state index is 0.565. The van der Waals surface area contributed by atoms with E-state index < -0.39 is 0 Å². The summed E-state index contributed by atoms with van der Waals surface area (Å²) in [7, 11) is 0. The summed E-state index contributed by atoms with van der Waals surface area (Å²) < 4.78 is 10.0. The zero-order chi connectivity index (χ0) is 16.1. The molecule has 120 valence electrons. The van der Waals surface area contributed by atoms with Gasteiger partial charge in [-0.3, -0.25) is 5.10 Å². The van der Waals surface area contributed by atoms with E-state index in [-0.39, 0.29) is 0 Å². The minimum Gasteiger partial charge on any atom is -0.492 e. The van der Waals surface area contributed by atoms with E-state index in [0.717, 1.165) is 38.9 Å². The lowest BCUT2D eigenvalue weighted by atomic mass is 10.2. The lowest BCUT2D eigenvalue weighted by Crippen LogP contribution is -2.18. The minimum atomic E-state index is 0.565. The zero-order valence-corrected chi connectivity index (χ0v) is 16.4. The van der Waals surface area contributed by atoms with E-state index in [2.05, 4.69) is 54.4 Å². The number of hydrogen-bond acceptors (Lipinski definition) is 4. The topological polar surface area (TPSA) is 54.9 Å². The van der Waals surface area contributed by atoms with Crippen LogP contribution < -0.4 is 10.2 Å². The number of nitrogens with one attached hydrogen (secondary N) is 2. The summed E-state index contributed by atoms with van der Waals surface area (Å²) >= 11 is 12.3. The quantitative estimate of drug-likeness (QED) is 0.608. The molecule has 0 bridgehead atoms. The number of nitrogens with zero attached hydrogens (tertiary/aromatic N) is 2. The van der Waals surface area contributed by atoms with Crippen molar-refractivity contribution in [2.45, 2.75) is 33.2 Å². The summed E-state index contributed by atoms with van der Waals surface area (Å²) in [5, 5.41) is 7.07. The molecule has 2 aromatic rings. The highest BCUT2D eigenvalue weighted by Gasteiger charge is 2.11. The molecule has 0 radical (unpaired) electrons. The van der Waals surface area contributed by atoms with Gasteiger partial charge in [-0.25, -0.2) is 4.68 Å². The van der Waals surface area contributed by atoms with Crippen LogP contribution in [0.5, 0.6) is 5.75 Å². The molecule has 0 fully saturated rings. The van der Waals surface area contributed by atoms with Crippen molar-refractivity contribution in [3.63, 3.8) is 0 Å². The number of aromatic amines is 1. The van der Waals surface area contributed by atoms with Gasteiger partial charge in [-0.15, -0.1) is 0 Å². The maximum atomic E-state index is 5.73. The predicted molar refractivity (Wildman–Crippen MR) is 97.5 cm³/mol. The molecule has 2 rings (SSSR count). The second-order valence-electron chi connectivity index (χ2n) is 4.67. The van der Waals surface area contributed by atoms with Gasteiger partial charge < -0.3 is 10.2 Å². The van der Waals surface area contributed by atoms with Crippen molar-refractivity contribution in [1.29, 1.82) is 0 Å². The molecular weight excluding hydrogens is 432 g/mol. The van der Waals surface area contributed by atoms with Crippen LogP contribution in [0, 0.1) is 4.77 Å². The van der Waals surface area contributed by atoms with E-state index in [1.165, 1.54) is 0 Å². The second-order valence-corrected chi connectivity index (χ2v) is 6.83. The summed E-state index contributed by atoms with van der Waals surface area (Å²) in [6.07, 6.45) is 1.87. The third-order valence-electron chi connectivity index (χ3n) is 3.02. The van der Waals surface area contributed by atoms with Crippen molar-refractivity contribution in [2.75, 3.05) is 12.0 Å². The SMILES string of the molecule is CCCc1n[nH]c(=S)n1NCc1cc(Br)cc(Br)c1OCC. The molecule has 0 atom stereocenters. The van der Waals surface area contributed by atoms with Crippen LogP contribution in [-0.2, 0) is 13.0 Å². The Morgan fingerprint density at radius 3 is 2.82 bits per heavy atom. The first-order valence-electron chi connectivity index (χ1n) is 7.07. The van der Waals surface area contributed by atoms with E-state index in [4.69, 9.17) is 17.0 Å². The molecule has 0 aliphatic heterocycles. The van der Waals surface area contributed by atoms with E-state index in [1.54, 1.807) is 0 Å². The van der Waals surface area contributed by atoms with Crippen molar-refractivity contribution < 1.29 is 4.74 Å². The Hall–Kier alpha value is -0.860. The predicted octanol–water partition coefficient (Wildman–Crippen LogP) is 4.56. The van der Waals surface area contributed by atoms with Gasteiger partial charge in [0, 0.05) is 16.5 Å². The first kappa shape index (κ1) is 17.5. The Morgan fingerprint density at radius 2 is 2.14 bits per heavy atom. The molecule has 0 unspecified atom stereocenters. The lowest BCUT2D eigenvalue weighted by Gasteiger charge is -2.15. The van der Waals surface area contributed by atoms with Crippen LogP contribution in [0.15, 0.2) is 21.1 Å². The number of aryl methyl sites for hydroxylation is 1. The number of aromatic nitrogens is 3. The smallest absolute Gasteiger partial charge is 0.214 e. The van der Waals surface area contributed by atoms with Gasteiger partial charge in [0.1, 0.15) is 5.75 Å². The molecule has 0 amide bonds. The summed E-state index contributed by atoms with van der Waals surface area (Å²) in [5.74, 6) is 1.74. The molecule has 1 heterocycles. The molecule has 0 aliphatic rings. The third-order valence-corrected chi connectivity index (χ3v) is 4.34. The van der Waals surface area contributed by atoms with Gasteiger partial charge in [0.05, 0.1) is 17.6 Å². The summed E-state index contributed by atoms with van der Waals surface area (Å²) in [5.41, 5.74) is 4.35. The molecule has 1 aromatic heterocycles. The molecule has 8 heteroatoms. The summed E-state index contributed by atoms with van der Waals surface area (Å²) in [4.78, 5) is 0. The first-order valence-corrected chi connectivity index (χ1v) is 9.07. The van der Waals surface area contributed by atoms with Crippen LogP contribution in [0.3, 0.4) is 0 Å². The van der Waals surface area contributed by atoms with Crippen molar-refractivity contribution >= 4 is 44.1 Å². The number of ether oxygens (including phenoxy) is 1. The van der Waals surface area contributed by atoms with Gasteiger partial charge in [0.25, 0.3) is 0 Å². The Kier molecular flexibility index (Phi) is 6.46. The van der Waals surface area contributed by atoms with E-state index in [0.29, 0.717) is 17.9 Å². The van der Waals surface area contributed by atoms with Crippen LogP contribution in [0.25, 0.3) is 0 Å². The van der Waals surface area contributed by atoms with Crippen molar-refractivity contribution in [1.82, 2.24) is 14.9 Å². The Labute approximate surface area is 151 Å². The fraction of sp³-hybridized carbons (Fsp3) is 0.429. The number of halogens is 2. The van der Waals surface area contributed by atoms with Gasteiger partial charge in [0.15, 0.2) is 5.82 Å². The maximum absolute atomic E-state index is 5.73. The molecule has 2 N–H and O–H groups in total. The van der Waals surface area contributed by atoms with Crippen molar-refractivity contribution in [3.05, 3.63) is 37.2 Å².